The third kappa shape index (κ3) is 6.00. The van der Waals surface area contributed by atoms with E-state index in [9.17, 15) is 27.8 Å². The van der Waals surface area contributed by atoms with Gasteiger partial charge in [-0.25, -0.2) is 18.4 Å². The highest BCUT2D eigenvalue weighted by Gasteiger charge is 2.51. The van der Waals surface area contributed by atoms with Crippen molar-refractivity contribution in [2.45, 2.75) is 63.5 Å². The summed E-state index contributed by atoms with van der Waals surface area (Å²) < 4.78 is 85.8. The van der Waals surface area contributed by atoms with Gasteiger partial charge in [0.2, 0.25) is 0 Å². The molecule has 9 nitrogen and oxygen atoms in total. The maximum atomic E-state index is 15.1. The molecule has 1 aliphatic rings. The number of alkyl halides is 3. The van der Waals surface area contributed by atoms with E-state index in [0.29, 0.717) is 5.57 Å². The third-order valence-electron chi connectivity index (χ3n) is 7.62. The Morgan fingerprint density at radius 3 is 2.51 bits per heavy atom. The summed E-state index contributed by atoms with van der Waals surface area (Å²) in [6.45, 7) is 8.05. The number of aliphatic hydroxyl groups excluding tert-OH is 2. The largest absolute Gasteiger partial charge is 0.418 e. The lowest BCUT2D eigenvalue weighted by molar-refractivity contribution is -0.230. The first-order valence-electron chi connectivity index (χ1n) is 13.7. The molecular weight excluding hydrogens is 625 g/mol. The zero-order valence-corrected chi connectivity index (χ0v) is 25.2. The van der Waals surface area contributed by atoms with E-state index >= 15 is 4.39 Å². The lowest BCUT2D eigenvalue weighted by Gasteiger charge is -2.45. The first-order valence-corrected chi connectivity index (χ1v) is 14.0. The van der Waals surface area contributed by atoms with Gasteiger partial charge in [-0.05, 0) is 44.5 Å². The zero-order chi connectivity index (χ0) is 33.0. The predicted molar refractivity (Wildman–Crippen MR) is 154 cm³/mol. The summed E-state index contributed by atoms with van der Waals surface area (Å²) in [5.74, 6) is -2.37. The number of benzene rings is 2. The van der Waals surface area contributed by atoms with Crippen molar-refractivity contribution in [3.05, 3.63) is 88.7 Å². The van der Waals surface area contributed by atoms with E-state index < -0.39 is 65.6 Å². The zero-order valence-electron chi connectivity index (χ0n) is 24.4. The van der Waals surface area contributed by atoms with Gasteiger partial charge < -0.3 is 19.7 Å². The van der Waals surface area contributed by atoms with Crippen molar-refractivity contribution in [2.24, 2.45) is 0 Å². The molecule has 1 saturated heterocycles. The predicted octanol–water partition coefficient (Wildman–Crippen LogP) is 5.86. The van der Waals surface area contributed by atoms with Crippen molar-refractivity contribution in [1.82, 2.24) is 24.5 Å². The molecule has 0 amide bonds. The van der Waals surface area contributed by atoms with Crippen molar-refractivity contribution in [2.75, 3.05) is 7.11 Å². The second kappa shape index (κ2) is 12.2. The highest BCUT2D eigenvalue weighted by atomic mass is 35.5. The van der Waals surface area contributed by atoms with Gasteiger partial charge in [-0.1, -0.05) is 30.3 Å². The van der Waals surface area contributed by atoms with Crippen LogP contribution in [0.4, 0.5) is 22.0 Å². The molecule has 2 N–H and O–H groups in total. The Kier molecular flexibility index (Phi) is 8.90. The molecule has 3 heterocycles. The van der Waals surface area contributed by atoms with Crippen LogP contribution in [0.25, 0.3) is 22.4 Å². The van der Waals surface area contributed by atoms with Crippen molar-refractivity contribution < 1.29 is 41.6 Å². The van der Waals surface area contributed by atoms with Crippen LogP contribution in [0, 0.1) is 18.6 Å². The highest BCUT2D eigenvalue weighted by Crippen LogP contribution is 2.42. The van der Waals surface area contributed by atoms with Crippen LogP contribution in [0.15, 0.2) is 49.3 Å². The number of nitrogens with zero attached hydrogens (tertiary/aromatic N) is 5. The number of methoxy groups -OCH3 is 1. The summed E-state index contributed by atoms with van der Waals surface area (Å²) in [4.78, 5) is 4.29. The quantitative estimate of drug-likeness (QED) is 0.241. The van der Waals surface area contributed by atoms with E-state index in [1.807, 2.05) is 0 Å². The molecule has 4 aromatic rings. The van der Waals surface area contributed by atoms with Crippen molar-refractivity contribution >= 4 is 17.2 Å². The number of allylic oxidation sites excluding steroid dienone is 1. The topological polar surface area (TPSA) is 107 Å². The third-order valence-corrected chi connectivity index (χ3v) is 7.85. The van der Waals surface area contributed by atoms with Gasteiger partial charge in [0.1, 0.15) is 36.3 Å². The van der Waals surface area contributed by atoms with Crippen LogP contribution in [0.5, 0.6) is 0 Å². The maximum absolute atomic E-state index is 15.1. The van der Waals surface area contributed by atoms with Crippen LogP contribution < -0.4 is 0 Å². The van der Waals surface area contributed by atoms with Crippen molar-refractivity contribution in [3.63, 3.8) is 0 Å². The Morgan fingerprint density at radius 1 is 1.18 bits per heavy atom. The molecule has 2 aromatic carbocycles. The molecule has 0 saturated carbocycles. The minimum atomic E-state index is -4.79. The maximum Gasteiger partial charge on any atom is 0.418 e. The minimum absolute atomic E-state index is 0.00887. The van der Waals surface area contributed by atoms with Gasteiger partial charge in [-0.2, -0.15) is 23.4 Å². The van der Waals surface area contributed by atoms with Gasteiger partial charge in [0.25, 0.3) is 0 Å². The fraction of sp³-hybridized carbons (Fsp3) is 0.367. The van der Waals surface area contributed by atoms with Crippen LogP contribution >= 0.6 is 11.6 Å². The summed E-state index contributed by atoms with van der Waals surface area (Å²) in [6, 6.07) is 4.54. The molecule has 0 radical (unpaired) electrons. The Morgan fingerprint density at radius 2 is 1.89 bits per heavy atom. The van der Waals surface area contributed by atoms with Crippen LogP contribution in [-0.4, -0.2) is 66.3 Å². The monoisotopic (exact) mass is 653 g/mol. The number of hydrogen-bond donors (Lipinski definition) is 2. The summed E-state index contributed by atoms with van der Waals surface area (Å²) in [6.07, 6.45) is -8.69. The molecule has 15 heteroatoms. The molecule has 1 fully saturated rings. The lowest BCUT2D eigenvalue weighted by Crippen LogP contribution is -2.56. The normalized spacial score (nSPS) is 22.9. The summed E-state index contributed by atoms with van der Waals surface area (Å²) in [7, 11) is 1.31. The second-order valence-electron chi connectivity index (χ2n) is 10.8. The molecule has 0 aliphatic carbocycles. The van der Waals surface area contributed by atoms with E-state index in [1.54, 1.807) is 6.92 Å². The van der Waals surface area contributed by atoms with Crippen LogP contribution in [0.2, 0.25) is 5.02 Å². The molecule has 5 rings (SSSR count). The Hall–Kier alpha value is -3.69. The minimum Gasteiger partial charge on any atom is -0.391 e. The first-order chi connectivity index (χ1) is 21.1. The molecule has 0 spiro atoms. The van der Waals surface area contributed by atoms with E-state index in [0.717, 1.165) is 22.9 Å². The molecule has 45 heavy (non-hydrogen) atoms. The SMILES string of the molecule is C=C(C)c1ccc(-c2cnn(C3C(O)[C@H](c4nc(C)nn4-c4cc(Cl)ccc4C(F)(F)F)OC(C(C)O)[C@@H]3OC)c2)c(F)c1F. The van der Waals surface area contributed by atoms with Gasteiger partial charge in [0, 0.05) is 35.0 Å². The molecular formula is C30H29ClF5N5O4. The van der Waals surface area contributed by atoms with Crippen molar-refractivity contribution in [1.29, 1.82) is 0 Å². The Balaban J connectivity index is 1.62. The van der Waals surface area contributed by atoms with E-state index in [2.05, 4.69) is 21.8 Å². The number of halogens is 6. The van der Waals surface area contributed by atoms with Gasteiger partial charge in [-0.15, -0.1) is 0 Å². The molecule has 6 atom stereocenters. The molecule has 240 valence electrons. The average Bonchev–Trinajstić information content (AvgIpc) is 3.59. The van der Waals surface area contributed by atoms with Crippen LogP contribution in [-0.2, 0) is 15.7 Å². The number of ether oxygens (including phenoxy) is 2. The summed E-state index contributed by atoms with van der Waals surface area (Å²) in [5.41, 5.74) is -1.13. The van der Waals surface area contributed by atoms with Gasteiger partial charge in [0.05, 0.1) is 23.6 Å². The Labute approximate surface area is 259 Å². The Bertz CT molecular complexity index is 1740. The van der Waals surface area contributed by atoms with Gasteiger partial charge in [0.15, 0.2) is 17.5 Å². The fourth-order valence-corrected chi connectivity index (χ4v) is 5.70. The lowest BCUT2D eigenvalue weighted by atomic mass is 9.89. The van der Waals surface area contributed by atoms with E-state index in [4.69, 9.17) is 21.1 Å². The van der Waals surface area contributed by atoms with Crippen LogP contribution in [0.3, 0.4) is 0 Å². The first kappa shape index (κ1) is 32.7. The van der Waals surface area contributed by atoms with Crippen LogP contribution in [0.1, 0.15) is 48.8 Å². The van der Waals surface area contributed by atoms with Gasteiger partial charge >= 0.3 is 6.18 Å². The standard InChI is InChI=1S/C30H29ClF5N5O4/c1-13(2)18-7-8-19(23(33)22(18)32)16-11-37-40(12-16)24-25(43)28(45-26(14(3)42)27(24)44-5)29-38-15(4)39-41(29)21-10-17(31)6-9-20(21)30(34,35)36/h6-12,14,24-28,42-43H,1H2,2-5H3/t14?,24?,25?,26?,27-,28-/m1/s1. The number of rotatable bonds is 7. The second-order valence-corrected chi connectivity index (χ2v) is 11.2. The van der Waals surface area contributed by atoms with E-state index in [1.165, 1.54) is 50.2 Å². The number of aliphatic hydroxyl groups is 2. The van der Waals surface area contributed by atoms with Gasteiger partial charge in [-0.3, -0.25) is 4.68 Å². The average molecular weight is 654 g/mol. The number of aromatic nitrogens is 5. The van der Waals surface area contributed by atoms with Crippen molar-refractivity contribution in [3.8, 4) is 16.8 Å². The fourth-order valence-electron chi connectivity index (χ4n) is 5.53. The number of hydrogen-bond acceptors (Lipinski definition) is 7. The summed E-state index contributed by atoms with van der Waals surface area (Å²) >= 11 is 6.07. The van der Waals surface area contributed by atoms with E-state index in [-0.39, 0.29) is 33.4 Å². The number of aryl methyl sites for hydroxylation is 1. The molecule has 4 unspecified atom stereocenters. The highest BCUT2D eigenvalue weighted by molar-refractivity contribution is 6.30. The smallest absolute Gasteiger partial charge is 0.391 e. The summed E-state index contributed by atoms with van der Waals surface area (Å²) in [5, 5.41) is 30.9. The molecule has 1 aliphatic heterocycles. The molecule has 2 aromatic heterocycles. The molecule has 0 bridgehead atoms.